The molecule has 0 saturated carbocycles. The Kier molecular flexibility index (Phi) is 3.90. The molecule has 0 spiro atoms. The van der Waals surface area contributed by atoms with Gasteiger partial charge in [-0.15, -0.1) is 0 Å². The average Bonchev–Trinajstić information content (AvgIpc) is 2.42. The summed E-state index contributed by atoms with van der Waals surface area (Å²) in [7, 11) is -1.52. The first-order valence-electron chi connectivity index (χ1n) is 7.33. The predicted molar refractivity (Wildman–Crippen MR) is 81.2 cm³/mol. The second-order valence-electron chi connectivity index (χ2n) is 7.67. The summed E-state index contributed by atoms with van der Waals surface area (Å²) in [6.07, 6.45) is 0.634. The van der Waals surface area contributed by atoms with Crippen LogP contribution in [0.3, 0.4) is 0 Å². The topological polar surface area (TPSA) is 79.2 Å². The zero-order valence-electron chi connectivity index (χ0n) is 13.3. The minimum absolute atomic E-state index is 0.186. The molecular weight excluding hydrogens is 288 g/mol. The maximum Gasteiger partial charge on any atom is 0.329 e. The largest absolute Gasteiger partial charge is 0.458 e. The van der Waals surface area contributed by atoms with Crippen molar-refractivity contribution in [3.8, 4) is 0 Å². The van der Waals surface area contributed by atoms with Crippen molar-refractivity contribution < 1.29 is 19.5 Å². The van der Waals surface area contributed by atoms with E-state index in [2.05, 4.69) is 18.2 Å². The summed E-state index contributed by atoms with van der Waals surface area (Å²) in [5.41, 5.74) is -0.390. The van der Waals surface area contributed by atoms with Crippen molar-refractivity contribution in [2.24, 2.45) is 5.16 Å². The fourth-order valence-corrected chi connectivity index (χ4v) is 5.73. The molecule has 0 aromatic rings. The highest BCUT2D eigenvalue weighted by molar-refractivity contribution is 6.78. The minimum atomic E-state index is -1.52. The molecule has 2 heterocycles. The van der Waals surface area contributed by atoms with Gasteiger partial charge in [0.15, 0.2) is 5.71 Å². The van der Waals surface area contributed by atoms with Crippen LogP contribution in [0, 0.1) is 0 Å². The molecule has 1 N–H and O–H groups in total. The van der Waals surface area contributed by atoms with Gasteiger partial charge in [-0.1, -0.05) is 24.3 Å². The van der Waals surface area contributed by atoms with E-state index in [-0.39, 0.29) is 23.6 Å². The molecule has 118 valence electrons. The van der Waals surface area contributed by atoms with Crippen molar-refractivity contribution in [1.82, 2.24) is 4.90 Å². The Hall–Kier alpha value is -1.37. The van der Waals surface area contributed by atoms with E-state index in [9.17, 15) is 9.59 Å². The number of esters is 1. The van der Waals surface area contributed by atoms with Crippen LogP contribution in [-0.4, -0.2) is 53.5 Å². The zero-order chi connectivity index (χ0) is 16.0. The number of β-lactam (4-membered cyclic amide) rings is 1. The Morgan fingerprint density at radius 3 is 2.57 bits per heavy atom. The molecule has 1 amide bonds. The SMILES string of the molecule is CC(C)(C)OC(=O)[C@@H]1CC[Si](C)(C)C[C@@H]2/C(=N\O)C(=O)N21. The smallest absolute Gasteiger partial charge is 0.329 e. The number of carbonyl (C=O) groups is 2. The third kappa shape index (κ3) is 3.12. The molecule has 0 aliphatic carbocycles. The van der Waals surface area contributed by atoms with Crippen LogP contribution in [0.4, 0.5) is 0 Å². The predicted octanol–water partition coefficient (Wildman–Crippen LogP) is 1.85. The number of ether oxygens (including phenoxy) is 1. The van der Waals surface area contributed by atoms with Gasteiger partial charge in [0.2, 0.25) is 0 Å². The van der Waals surface area contributed by atoms with Gasteiger partial charge in [-0.3, -0.25) is 4.79 Å². The van der Waals surface area contributed by atoms with E-state index in [1.54, 1.807) is 4.90 Å². The fraction of sp³-hybridized carbons (Fsp3) is 0.786. The number of hydrogen-bond acceptors (Lipinski definition) is 5. The number of rotatable bonds is 1. The van der Waals surface area contributed by atoms with Crippen LogP contribution in [0.1, 0.15) is 27.2 Å². The molecule has 2 rings (SSSR count). The Morgan fingerprint density at radius 1 is 1.43 bits per heavy atom. The van der Waals surface area contributed by atoms with Crippen LogP contribution >= 0.6 is 0 Å². The van der Waals surface area contributed by atoms with Crippen molar-refractivity contribution in [3.63, 3.8) is 0 Å². The molecule has 2 atom stereocenters. The second-order valence-corrected chi connectivity index (χ2v) is 12.9. The van der Waals surface area contributed by atoms with Crippen molar-refractivity contribution in [2.75, 3.05) is 0 Å². The summed E-state index contributed by atoms with van der Waals surface area (Å²) >= 11 is 0. The van der Waals surface area contributed by atoms with Gasteiger partial charge < -0.3 is 14.8 Å². The van der Waals surface area contributed by atoms with Crippen molar-refractivity contribution in [1.29, 1.82) is 0 Å². The molecule has 0 unspecified atom stereocenters. The van der Waals surface area contributed by atoms with Crippen LogP contribution in [0.15, 0.2) is 5.16 Å². The summed E-state index contributed by atoms with van der Waals surface area (Å²) in [5, 5.41) is 12.1. The van der Waals surface area contributed by atoms with Gasteiger partial charge >= 0.3 is 5.97 Å². The number of nitrogens with zero attached hydrogens (tertiary/aromatic N) is 2. The van der Waals surface area contributed by atoms with E-state index in [4.69, 9.17) is 9.94 Å². The number of oxime groups is 1. The van der Waals surface area contributed by atoms with Crippen LogP contribution in [0.25, 0.3) is 0 Å². The number of fused-ring (bicyclic) bond motifs is 1. The van der Waals surface area contributed by atoms with Gasteiger partial charge in [0.25, 0.3) is 5.91 Å². The van der Waals surface area contributed by atoms with Crippen molar-refractivity contribution in [2.45, 2.75) is 70.1 Å². The normalized spacial score (nSPS) is 30.4. The lowest BCUT2D eigenvalue weighted by molar-refractivity contribution is -0.166. The molecule has 0 bridgehead atoms. The Bertz CT molecular complexity index is 496. The molecule has 2 aliphatic heterocycles. The maximum absolute atomic E-state index is 12.4. The summed E-state index contributed by atoms with van der Waals surface area (Å²) in [4.78, 5) is 26.1. The Labute approximate surface area is 126 Å². The van der Waals surface area contributed by atoms with Gasteiger partial charge in [0, 0.05) is 8.07 Å². The second kappa shape index (κ2) is 5.12. The molecule has 2 saturated heterocycles. The summed E-state index contributed by atoms with van der Waals surface area (Å²) < 4.78 is 5.45. The van der Waals surface area contributed by atoms with Gasteiger partial charge in [-0.05, 0) is 33.2 Å². The Morgan fingerprint density at radius 2 is 2.05 bits per heavy atom. The summed E-state index contributed by atoms with van der Waals surface area (Å²) in [5.74, 6) is -0.699. The summed E-state index contributed by atoms with van der Waals surface area (Å²) in [6.45, 7) is 9.92. The first-order valence-corrected chi connectivity index (χ1v) is 10.7. The zero-order valence-corrected chi connectivity index (χ0v) is 14.3. The molecule has 2 aliphatic rings. The van der Waals surface area contributed by atoms with Crippen molar-refractivity contribution >= 4 is 25.7 Å². The van der Waals surface area contributed by atoms with Crippen LogP contribution < -0.4 is 0 Å². The maximum atomic E-state index is 12.4. The molecule has 6 nitrogen and oxygen atoms in total. The third-order valence-electron chi connectivity index (χ3n) is 4.07. The van der Waals surface area contributed by atoms with E-state index in [1.165, 1.54) is 0 Å². The Balaban J connectivity index is 2.26. The first-order chi connectivity index (χ1) is 9.56. The van der Waals surface area contributed by atoms with Crippen LogP contribution in [-0.2, 0) is 14.3 Å². The van der Waals surface area contributed by atoms with E-state index in [0.717, 1.165) is 12.1 Å². The first kappa shape index (κ1) is 16.0. The molecule has 7 heteroatoms. The highest BCUT2D eigenvalue weighted by atomic mass is 28.3. The molecule has 0 aromatic carbocycles. The standard InChI is InChI=1S/C14H24N2O4Si/c1-14(2,3)20-13(18)9-6-7-21(4,5)8-10-11(15-19)12(17)16(9)10/h9-10,19H,6-8H2,1-5H3/b15-11+/t9-,10+/m0/s1. The number of amides is 1. The van der Waals surface area contributed by atoms with E-state index in [1.807, 2.05) is 20.8 Å². The lowest BCUT2D eigenvalue weighted by Crippen LogP contribution is -2.67. The summed E-state index contributed by atoms with van der Waals surface area (Å²) in [6, 6.07) is 0.999. The van der Waals surface area contributed by atoms with E-state index in [0.29, 0.717) is 6.42 Å². The molecule has 2 fully saturated rings. The molecule has 21 heavy (non-hydrogen) atoms. The van der Waals surface area contributed by atoms with Gasteiger partial charge in [-0.25, -0.2) is 4.79 Å². The number of hydrogen-bond donors (Lipinski definition) is 1. The molecular formula is C14H24N2O4Si. The molecule has 0 radical (unpaired) electrons. The fourth-order valence-electron chi connectivity index (χ4n) is 3.04. The van der Waals surface area contributed by atoms with Crippen molar-refractivity contribution in [3.05, 3.63) is 0 Å². The minimum Gasteiger partial charge on any atom is -0.458 e. The molecule has 0 aromatic heterocycles. The van der Waals surface area contributed by atoms with Crippen LogP contribution in [0.2, 0.25) is 25.2 Å². The highest BCUT2D eigenvalue weighted by Crippen LogP contribution is 2.37. The van der Waals surface area contributed by atoms with Crippen LogP contribution in [0.5, 0.6) is 0 Å². The van der Waals surface area contributed by atoms with Gasteiger partial charge in [0.05, 0.1) is 6.04 Å². The third-order valence-corrected chi connectivity index (χ3v) is 7.20. The van der Waals surface area contributed by atoms with Gasteiger partial charge in [0.1, 0.15) is 11.6 Å². The quantitative estimate of drug-likeness (QED) is 0.263. The lowest BCUT2D eigenvalue weighted by Gasteiger charge is -2.44. The number of carbonyl (C=O) groups excluding carboxylic acids is 2. The van der Waals surface area contributed by atoms with Gasteiger partial charge in [-0.2, -0.15) is 0 Å². The monoisotopic (exact) mass is 312 g/mol. The van der Waals surface area contributed by atoms with E-state index >= 15 is 0 Å². The average molecular weight is 312 g/mol. The lowest BCUT2D eigenvalue weighted by atomic mass is 9.96. The highest BCUT2D eigenvalue weighted by Gasteiger charge is 2.54. The van der Waals surface area contributed by atoms with E-state index < -0.39 is 19.7 Å².